The molecule has 2 rings (SSSR count). The van der Waals surface area contributed by atoms with Gasteiger partial charge in [-0.05, 0) is 24.5 Å². The van der Waals surface area contributed by atoms with Gasteiger partial charge in [-0.1, -0.05) is 31.5 Å². The third-order valence-corrected chi connectivity index (χ3v) is 3.66. The number of aromatic nitrogens is 2. The molecular weight excluding hydrogens is 262 g/mol. The SMILES string of the molecule is CC(C)C(CCO)NCc1c(Cl)nc2ccccn12. The lowest BCUT2D eigenvalue weighted by Gasteiger charge is -2.21. The van der Waals surface area contributed by atoms with Crippen molar-refractivity contribution in [3.63, 3.8) is 0 Å². The van der Waals surface area contributed by atoms with Crippen LogP contribution in [0.25, 0.3) is 5.65 Å². The topological polar surface area (TPSA) is 49.6 Å². The molecule has 0 fully saturated rings. The molecule has 0 saturated heterocycles. The van der Waals surface area contributed by atoms with Gasteiger partial charge in [0, 0.05) is 25.4 Å². The molecule has 0 saturated carbocycles. The molecule has 0 amide bonds. The van der Waals surface area contributed by atoms with E-state index >= 15 is 0 Å². The van der Waals surface area contributed by atoms with Gasteiger partial charge < -0.3 is 14.8 Å². The Morgan fingerprint density at radius 3 is 2.89 bits per heavy atom. The molecule has 0 aliphatic carbocycles. The summed E-state index contributed by atoms with van der Waals surface area (Å²) in [6.07, 6.45) is 2.70. The zero-order valence-corrected chi connectivity index (χ0v) is 12.1. The number of fused-ring (bicyclic) bond motifs is 1. The first kappa shape index (κ1) is 14.3. The van der Waals surface area contributed by atoms with Gasteiger partial charge in [0.25, 0.3) is 0 Å². The summed E-state index contributed by atoms with van der Waals surface area (Å²) < 4.78 is 1.99. The maximum atomic E-state index is 9.09. The maximum Gasteiger partial charge on any atom is 0.152 e. The molecule has 0 bridgehead atoms. The molecule has 2 N–H and O–H groups in total. The molecule has 19 heavy (non-hydrogen) atoms. The van der Waals surface area contributed by atoms with Crippen molar-refractivity contribution in [1.82, 2.24) is 14.7 Å². The van der Waals surface area contributed by atoms with E-state index in [9.17, 15) is 0 Å². The highest BCUT2D eigenvalue weighted by atomic mass is 35.5. The highest BCUT2D eigenvalue weighted by molar-refractivity contribution is 6.30. The summed E-state index contributed by atoms with van der Waals surface area (Å²) in [5.74, 6) is 0.463. The number of hydrogen-bond acceptors (Lipinski definition) is 3. The summed E-state index contributed by atoms with van der Waals surface area (Å²) in [6.45, 7) is 5.12. The smallest absolute Gasteiger partial charge is 0.152 e. The van der Waals surface area contributed by atoms with Crippen molar-refractivity contribution >= 4 is 17.2 Å². The minimum absolute atomic E-state index is 0.191. The number of aliphatic hydroxyl groups is 1. The lowest BCUT2D eigenvalue weighted by Crippen LogP contribution is -2.34. The number of imidazole rings is 1. The molecule has 2 heterocycles. The normalized spacial score (nSPS) is 13.3. The Morgan fingerprint density at radius 1 is 1.42 bits per heavy atom. The molecule has 2 aromatic heterocycles. The van der Waals surface area contributed by atoms with Gasteiger partial charge in [-0.2, -0.15) is 0 Å². The van der Waals surface area contributed by atoms with Crippen LogP contribution >= 0.6 is 11.6 Å². The Kier molecular flexibility index (Phi) is 4.80. The highest BCUT2D eigenvalue weighted by Crippen LogP contribution is 2.18. The Hall–Kier alpha value is -1.10. The van der Waals surface area contributed by atoms with E-state index in [4.69, 9.17) is 16.7 Å². The van der Waals surface area contributed by atoms with E-state index in [-0.39, 0.29) is 12.6 Å². The summed E-state index contributed by atoms with van der Waals surface area (Å²) in [7, 11) is 0. The van der Waals surface area contributed by atoms with Crippen LogP contribution in [0.2, 0.25) is 5.15 Å². The van der Waals surface area contributed by atoms with Crippen LogP contribution in [0.3, 0.4) is 0 Å². The maximum absolute atomic E-state index is 9.09. The molecule has 1 atom stereocenters. The molecule has 0 radical (unpaired) electrons. The van der Waals surface area contributed by atoms with Crippen molar-refractivity contribution in [2.45, 2.75) is 32.9 Å². The monoisotopic (exact) mass is 281 g/mol. The average molecular weight is 282 g/mol. The Balaban J connectivity index is 2.14. The van der Waals surface area contributed by atoms with Gasteiger partial charge in [-0.3, -0.25) is 0 Å². The van der Waals surface area contributed by atoms with Crippen molar-refractivity contribution in [2.24, 2.45) is 5.92 Å². The quantitative estimate of drug-likeness (QED) is 0.855. The van der Waals surface area contributed by atoms with E-state index in [0.29, 0.717) is 17.6 Å². The van der Waals surface area contributed by atoms with Gasteiger partial charge in [0.05, 0.1) is 5.69 Å². The Morgan fingerprint density at radius 2 is 2.21 bits per heavy atom. The molecule has 104 valence electrons. The van der Waals surface area contributed by atoms with Gasteiger partial charge in [0.1, 0.15) is 5.65 Å². The van der Waals surface area contributed by atoms with E-state index in [2.05, 4.69) is 24.1 Å². The fourth-order valence-electron chi connectivity index (χ4n) is 2.21. The minimum atomic E-state index is 0.191. The molecule has 4 nitrogen and oxygen atoms in total. The third-order valence-electron chi connectivity index (χ3n) is 3.36. The Bertz CT molecular complexity index is 538. The van der Waals surface area contributed by atoms with Gasteiger partial charge >= 0.3 is 0 Å². The number of halogens is 1. The average Bonchev–Trinajstić information content (AvgIpc) is 2.70. The molecule has 1 unspecified atom stereocenters. The highest BCUT2D eigenvalue weighted by Gasteiger charge is 2.15. The summed E-state index contributed by atoms with van der Waals surface area (Å²) in [5, 5.41) is 13.1. The van der Waals surface area contributed by atoms with Crippen LogP contribution in [0, 0.1) is 5.92 Å². The second kappa shape index (κ2) is 6.37. The first-order chi connectivity index (χ1) is 9.13. The zero-order valence-electron chi connectivity index (χ0n) is 11.3. The van der Waals surface area contributed by atoms with E-state index in [1.807, 2.05) is 28.8 Å². The number of rotatable bonds is 6. The zero-order chi connectivity index (χ0) is 13.8. The molecule has 0 aliphatic heterocycles. The van der Waals surface area contributed by atoms with E-state index < -0.39 is 0 Å². The molecule has 0 spiro atoms. The summed E-state index contributed by atoms with van der Waals surface area (Å²) in [5.41, 5.74) is 1.81. The van der Waals surface area contributed by atoms with Crippen molar-refractivity contribution in [3.05, 3.63) is 35.2 Å². The number of nitrogens with zero attached hydrogens (tertiary/aromatic N) is 2. The minimum Gasteiger partial charge on any atom is -0.396 e. The Labute approximate surface area is 118 Å². The second-order valence-electron chi connectivity index (χ2n) is 5.02. The van der Waals surface area contributed by atoms with E-state index in [1.165, 1.54) is 0 Å². The fraction of sp³-hybridized carbons (Fsp3) is 0.500. The number of nitrogens with one attached hydrogen (secondary N) is 1. The number of aliphatic hydroxyl groups excluding tert-OH is 1. The van der Waals surface area contributed by atoms with E-state index in [1.54, 1.807) is 0 Å². The summed E-state index contributed by atoms with van der Waals surface area (Å²) in [6, 6.07) is 6.11. The van der Waals surface area contributed by atoms with Crippen molar-refractivity contribution < 1.29 is 5.11 Å². The lowest BCUT2D eigenvalue weighted by atomic mass is 10.0. The first-order valence-electron chi connectivity index (χ1n) is 6.59. The van der Waals surface area contributed by atoms with Gasteiger partial charge in [0.2, 0.25) is 0 Å². The standard InChI is InChI=1S/C14H20ClN3O/c1-10(2)11(6-8-19)16-9-12-14(15)17-13-5-3-4-7-18(12)13/h3-5,7,10-11,16,19H,6,8-9H2,1-2H3. The molecule has 0 aromatic carbocycles. The predicted molar refractivity (Wildman–Crippen MR) is 77.4 cm³/mol. The predicted octanol–water partition coefficient (Wildman–Crippen LogP) is 2.48. The lowest BCUT2D eigenvalue weighted by molar-refractivity contribution is 0.243. The van der Waals surface area contributed by atoms with Crippen molar-refractivity contribution in [3.8, 4) is 0 Å². The van der Waals surface area contributed by atoms with Crippen LogP contribution in [0.5, 0.6) is 0 Å². The summed E-state index contributed by atoms with van der Waals surface area (Å²) >= 11 is 6.19. The molecule has 0 aliphatic rings. The van der Waals surface area contributed by atoms with E-state index in [0.717, 1.165) is 17.8 Å². The molecular formula is C14H20ClN3O. The first-order valence-corrected chi connectivity index (χ1v) is 6.97. The summed E-state index contributed by atoms with van der Waals surface area (Å²) in [4.78, 5) is 4.32. The largest absolute Gasteiger partial charge is 0.396 e. The fourth-order valence-corrected chi connectivity index (χ4v) is 2.46. The van der Waals surface area contributed by atoms with Gasteiger partial charge in [0.15, 0.2) is 5.15 Å². The van der Waals surface area contributed by atoms with Crippen LogP contribution in [-0.2, 0) is 6.54 Å². The number of pyridine rings is 1. The number of hydrogen-bond donors (Lipinski definition) is 2. The van der Waals surface area contributed by atoms with Crippen LogP contribution in [0.15, 0.2) is 24.4 Å². The van der Waals surface area contributed by atoms with Crippen LogP contribution in [0.1, 0.15) is 26.0 Å². The third kappa shape index (κ3) is 3.26. The van der Waals surface area contributed by atoms with Gasteiger partial charge in [-0.15, -0.1) is 0 Å². The second-order valence-corrected chi connectivity index (χ2v) is 5.38. The van der Waals surface area contributed by atoms with Crippen molar-refractivity contribution in [2.75, 3.05) is 6.61 Å². The molecule has 5 heteroatoms. The van der Waals surface area contributed by atoms with Crippen LogP contribution < -0.4 is 5.32 Å². The van der Waals surface area contributed by atoms with Crippen molar-refractivity contribution in [1.29, 1.82) is 0 Å². The van der Waals surface area contributed by atoms with Crippen LogP contribution in [0.4, 0.5) is 0 Å². The molecule has 2 aromatic rings. The van der Waals surface area contributed by atoms with Gasteiger partial charge in [-0.25, -0.2) is 4.98 Å². The van der Waals surface area contributed by atoms with Crippen LogP contribution in [-0.4, -0.2) is 27.1 Å².